The van der Waals surface area contributed by atoms with Crippen LogP contribution in [0.2, 0.25) is 5.02 Å². The fraction of sp³-hybridized carbons (Fsp3) is 0.333. The molecule has 6 rings (SSSR count). The number of nitrogens with zero attached hydrogens (tertiary/aromatic N) is 8. The number of methoxy groups -OCH3 is 1. The number of carbonyl (C=O) groups excluding carboxylic acids is 1. The molecule has 0 spiro atoms. The van der Waals surface area contributed by atoms with E-state index in [1.54, 1.807) is 36.1 Å². The number of aryl methyl sites for hydroxylation is 1. The zero-order valence-corrected chi connectivity index (χ0v) is 24.7. The van der Waals surface area contributed by atoms with Gasteiger partial charge in [-0.25, -0.2) is 4.98 Å². The van der Waals surface area contributed by atoms with Crippen LogP contribution in [-0.2, 0) is 31.8 Å². The van der Waals surface area contributed by atoms with Gasteiger partial charge in [0.05, 0.1) is 49.4 Å². The van der Waals surface area contributed by atoms with Crippen LogP contribution in [-0.4, -0.2) is 80.0 Å². The average molecular weight is 617 g/mol. The number of pyridine rings is 1. The zero-order chi connectivity index (χ0) is 30.5. The Morgan fingerprint density at radius 1 is 1.11 bits per heavy atom. The number of rotatable bonds is 12. The van der Waals surface area contributed by atoms with Crippen molar-refractivity contribution in [2.75, 3.05) is 33.5 Å². The number of esters is 1. The molecule has 5 heterocycles. The second-order valence-corrected chi connectivity index (χ2v) is 10.7. The molecule has 44 heavy (non-hydrogen) atoms. The molecule has 0 bridgehead atoms. The van der Waals surface area contributed by atoms with E-state index in [-0.39, 0.29) is 30.6 Å². The second kappa shape index (κ2) is 13.4. The predicted octanol–water partition coefficient (Wildman–Crippen LogP) is 3.06. The van der Waals surface area contributed by atoms with Crippen LogP contribution < -0.4 is 5.56 Å². The third-order valence-corrected chi connectivity index (χ3v) is 7.63. The highest BCUT2D eigenvalue weighted by molar-refractivity contribution is 6.31. The van der Waals surface area contributed by atoms with Crippen molar-refractivity contribution in [1.82, 2.24) is 34.7 Å². The molecule has 0 amide bonds. The fourth-order valence-electron chi connectivity index (χ4n) is 5.29. The minimum Gasteiger partial charge on any atom is -0.463 e. The quantitative estimate of drug-likeness (QED) is 0.172. The van der Waals surface area contributed by atoms with Crippen molar-refractivity contribution >= 4 is 28.9 Å². The molecule has 0 saturated carbocycles. The van der Waals surface area contributed by atoms with E-state index in [0.717, 1.165) is 23.3 Å². The number of fused-ring (bicyclic) bond motifs is 1. The molecule has 2 aliphatic heterocycles. The van der Waals surface area contributed by atoms with Gasteiger partial charge < -0.3 is 14.2 Å². The summed E-state index contributed by atoms with van der Waals surface area (Å²) in [6, 6.07) is 10.3. The molecular weight excluding hydrogens is 588 g/mol. The summed E-state index contributed by atoms with van der Waals surface area (Å²) in [6.45, 7) is 1.44. The van der Waals surface area contributed by atoms with Gasteiger partial charge in [-0.3, -0.25) is 24.1 Å². The van der Waals surface area contributed by atoms with Gasteiger partial charge >= 0.3 is 5.97 Å². The third kappa shape index (κ3) is 6.49. The SMILES string of the molecule is COCCOCCOC(=O)Cc1ccc(C2=CN=C([C@@H]3CCc4nc(-c5cc(Cl)ccc5-n5cnnn5)cc(=O)n43)C2)cn1. The van der Waals surface area contributed by atoms with Crippen LogP contribution in [0.3, 0.4) is 0 Å². The van der Waals surface area contributed by atoms with Crippen LogP contribution >= 0.6 is 11.6 Å². The molecule has 3 aromatic heterocycles. The molecule has 1 atom stereocenters. The summed E-state index contributed by atoms with van der Waals surface area (Å²) in [6.07, 6.45) is 7.04. The first kappa shape index (κ1) is 29.5. The molecule has 4 aromatic rings. The van der Waals surface area contributed by atoms with E-state index in [9.17, 15) is 9.59 Å². The van der Waals surface area contributed by atoms with Gasteiger partial charge in [-0.15, -0.1) is 5.10 Å². The number of hydrogen-bond acceptors (Lipinski definition) is 11. The first-order valence-corrected chi connectivity index (χ1v) is 14.5. The molecule has 14 heteroatoms. The minimum absolute atomic E-state index is 0.0717. The Morgan fingerprint density at radius 3 is 2.80 bits per heavy atom. The Morgan fingerprint density at radius 2 is 2.00 bits per heavy atom. The lowest BCUT2D eigenvalue weighted by Crippen LogP contribution is -2.28. The number of aliphatic imine (C=N–C) groups is 1. The van der Waals surface area contributed by atoms with Crippen molar-refractivity contribution in [2.24, 2.45) is 4.99 Å². The molecule has 13 nitrogen and oxygen atoms in total. The molecule has 2 aliphatic rings. The van der Waals surface area contributed by atoms with Gasteiger partial charge in [0, 0.05) is 54.7 Å². The van der Waals surface area contributed by atoms with E-state index in [0.29, 0.717) is 66.1 Å². The van der Waals surface area contributed by atoms with Crippen LogP contribution in [0.1, 0.15) is 36.0 Å². The summed E-state index contributed by atoms with van der Waals surface area (Å²) < 4.78 is 18.6. The van der Waals surface area contributed by atoms with Gasteiger partial charge in [-0.2, -0.15) is 4.68 Å². The first-order chi connectivity index (χ1) is 21.5. The standard InChI is InChI=1S/C30H29ClN8O5/c1-42-8-9-43-10-11-44-30(41)14-22-4-2-19(16-32-22)20-12-25(33-17-20)27-6-7-28-35-24(15-29(40)39(27)28)23-13-21(31)3-5-26(23)38-18-34-36-37-38/h2-5,13,15-18,27H,6-12,14H2,1H3/t27-/m0/s1. The smallest absolute Gasteiger partial charge is 0.311 e. The lowest BCUT2D eigenvalue weighted by molar-refractivity contribution is -0.144. The van der Waals surface area contributed by atoms with E-state index in [4.69, 9.17) is 30.8 Å². The second-order valence-electron chi connectivity index (χ2n) is 10.2. The van der Waals surface area contributed by atoms with Crippen LogP contribution in [0.15, 0.2) is 64.9 Å². The van der Waals surface area contributed by atoms with Crippen LogP contribution in [0.25, 0.3) is 22.5 Å². The molecule has 0 saturated heterocycles. The number of allylic oxidation sites excluding steroid dienone is 1. The Kier molecular flexibility index (Phi) is 8.96. The number of carbonyl (C=O) groups is 1. The maximum atomic E-state index is 13.5. The first-order valence-electron chi connectivity index (χ1n) is 14.1. The third-order valence-electron chi connectivity index (χ3n) is 7.39. The van der Waals surface area contributed by atoms with Gasteiger partial charge in [0.25, 0.3) is 5.56 Å². The Bertz CT molecular complexity index is 1770. The summed E-state index contributed by atoms with van der Waals surface area (Å²) in [5.74, 6) is 0.325. The van der Waals surface area contributed by atoms with Crippen molar-refractivity contribution in [2.45, 2.75) is 31.7 Å². The molecule has 1 aromatic carbocycles. The highest BCUT2D eigenvalue weighted by Crippen LogP contribution is 2.34. The number of hydrogen-bond donors (Lipinski definition) is 0. The highest BCUT2D eigenvalue weighted by atomic mass is 35.5. The van der Waals surface area contributed by atoms with Crippen molar-refractivity contribution in [3.63, 3.8) is 0 Å². The number of ether oxygens (including phenoxy) is 3. The van der Waals surface area contributed by atoms with Crippen LogP contribution in [0.5, 0.6) is 0 Å². The summed E-state index contributed by atoms with van der Waals surface area (Å²) in [4.78, 5) is 39.6. The molecule has 0 aliphatic carbocycles. The maximum absolute atomic E-state index is 13.5. The lowest BCUT2D eigenvalue weighted by atomic mass is 9.99. The molecule has 226 valence electrons. The Labute approximate surface area is 257 Å². The maximum Gasteiger partial charge on any atom is 0.311 e. The van der Waals surface area contributed by atoms with Crippen molar-refractivity contribution in [1.29, 1.82) is 0 Å². The number of halogens is 1. The normalized spacial score (nSPS) is 15.6. The average Bonchev–Trinajstić information content (AvgIpc) is 3.81. The van der Waals surface area contributed by atoms with E-state index >= 15 is 0 Å². The van der Waals surface area contributed by atoms with Gasteiger partial charge in [0.2, 0.25) is 0 Å². The summed E-state index contributed by atoms with van der Waals surface area (Å²) in [7, 11) is 1.60. The zero-order valence-electron chi connectivity index (χ0n) is 23.9. The topological polar surface area (TPSA) is 148 Å². The van der Waals surface area contributed by atoms with E-state index in [1.807, 2.05) is 18.3 Å². The fourth-order valence-corrected chi connectivity index (χ4v) is 5.46. The molecule has 0 unspecified atom stereocenters. The predicted molar refractivity (Wildman–Crippen MR) is 161 cm³/mol. The minimum atomic E-state index is -0.365. The number of tetrazole rings is 1. The molecule has 0 radical (unpaired) electrons. The van der Waals surface area contributed by atoms with E-state index in [2.05, 4.69) is 25.5 Å². The van der Waals surface area contributed by atoms with Gasteiger partial charge in [0.15, 0.2) is 0 Å². The summed E-state index contributed by atoms with van der Waals surface area (Å²) in [5.41, 5.74) is 5.08. The van der Waals surface area contributed by atoms with Gasteiger partial charge in [-0.1, -0.05) is 17.7 Å². The summed E-state index contributed by atoms with van der Waals surface area (Å²) >= 11 is 6.30. The largest absolute Gasteiger partial charge is 0.463 e. The van der Waals surface area contributed by atoms with Crippen LogP contribution in [0, 0.1) is 0 Å². The number of aromatic nitrogens is 7. The molecule has 0 fully saturated rings. The van der Waals surface area contributed by atoms with Gasteiger partial charge in [-0.05, 0) is 52.2 Å². The van der Waals surface area contributed by atoms with E-state index in [1.165, 1.54) is 17.1 Å². The molecular formula is C30H29ClN8O5. The van der Waals surface area contributed by atoms with Crippen LogP contribution in [0.4, 0.5) is 0 Å². The van der Waals surface area contributed by atoms with Crippen molar-refractivity contribution in [3.8, 4) is 16.9 Å². The number of benzene rings is 1. The van der Waals surface area contributed by atoms with E-state index < -0.39 is 0 Å². The highest BCUT2D eigenvalue weighted by Gasteiger charge is 2.31. The summed E-state index contributed by atoms with van der Waals surface area (Å²) in [5, 5.41) is 11.9. The molecule has 0 N–H and O–H groups in total. The monoisotopic (exact) mass is 616 g/mol. The Balaban J connectivity index is 1.09. The lowest BCUT2D eigenvalue weighted by Gasteiger charge is -2.16. The van der Waals surface area contributed by atoms with Crippen molar-refractivity contribution in [3.05, 3.63) is 87.6 Å². The van der Waals surface area contributed by atoms with Gasteiger partial charge in [0.1, 0.15) is 18.8 Å². The Hall–Kier alpha value is -4.59. The van der Waals surface area contributed by atoms with Crippen molar-refractivity contribution < 1.29 is 19.0 Å².